The number of dihydropyridines is 1. The number of allylic oxidation sites excluding steroid dienone is 2. The standard InChI is InChI=1S/C22H25F3N6O/c1-3-4-12-10(2)16-14(27-18(12)13-9-26-30-19(13)22(23,24)25)7-8-15-17(16)20(31-29-15)28-21(32)11-5-6-11/h7-9,11,15,17-18,27,29H,3-6H2,1-2H3,(H,26,30)(H,28,31,32). The molecule has 10 heteroatoms. The van der Waals surface area contributed by atoms with Gasteiger partial charge in [-0.25, -0.2) is 0 Å². The lowest BCUT2D eigenvalue weighted by molar-refractivity contribution is -0.142. The first-order valence-electron chi connectivity index (χ1n) is 10.9. The van der Waals surface area contributed by atoms with Gasteiger partial charge in [-0.15, -0.1) is 0 Å². The summed E-state index contributed by atoms with van der Waals surface area (Å²) in [6.45, 7) is 3.96. The number of aromatic amines is 1. The fraction of sp³-hybridized carbons (Fsp3) is 0.500. The van der Waals surface area contributed by atoms with Gasteiger partial charge in [0.2, 0.25) is 5.91 Å². The number of carbonyl (C=O) groups excluding carboxylic acids is 1. The minimum atomic E-state index is -4.55. The van der Waals surface area contributed by atoms with Crippen LogP contribution in [0.1, 0.15) is 56.8 Å². The molecule has 1 aromatic rings. The van der Waals surface area contributed by atoms with E-state index in [1.54, 1.807) is 0 Å². The fourth-order valence-corrected chi connectivity index (χ4v) is 4.87. The van der Waals surface area contributed by atoms with E-state index in [4.69, 9.17) is 0 Å². The molecule has 1 saturated carbocycles. The minimum absolute atomic E-state index is 0.0202. The van der Waals surface area contributed by atoms with Crippen molar-refractivity contribution in [2.24, 2.45) is 16.9 Å². The van der Waals surface area contributed by atoms with E-state index in [1.165, 1.54) is 6.20 Å². The molecule has 0 bridgehead atoms. The highest BCUT2D eigenvalue weighted by atomic mass is 19.4. The molecular formula is C22H25F3N6O. The normalized spacial score (nSPS) is 26.9. The number of nitrogens with zero attached hydrogens (tertiary/aromatic N) is 2. The molecule has 4 aliphatic rings. The van der Waals surface area contributed by atoms with E-state index >= 15 is 0 Å². The molecule has 3 atom stereocenters. The first-order chi connectivity index (χ1) is 15.3. The van der Waals surface area contributed by atoms with Crippen molar-refractivity contribution in [1.29, 1.82) is 0 Å². The van der Waals surface area contributed by atoms with E-state index in [1.807, 2.05) is 26.0 Å². The first-order valence-corrected chi connectivity index (χ1v) is 10.9. The summed E-state index contributed by atoms with van der Waals surface area (Å²) < 4.78 is 40.7. The predicted octanol–water partition coefficient (Wildman–Crippen LogP) is 3.44. The number of amides is 1. The third kappa shape index (κ3) is 3.41. The summed E-state index contributed by atoms with van der Waals surface area (Å²) in [5.74, 6) is 0.392. The van der Waals surface area contributed by atoms with Gasteiger partial charge in [0.05, 0.1) is 18.0 Å². The Morgan fingerprint density at radius 1 is 1.31 bits per heavy atom. The van der Waals surface area contributed by atoms with Crippen LogP contribution in [0.5, 0.6) is 0 Å². The molecule has 0 radical (unpaired) electrons. The number of alkyl halides is 3. The van der Waals surface area contributed by atoms with Crippen LogP contribution >= 0.6 is 0 Å². The molecule has 2 aliphatic carbocycles. The zero-order valence-corrected chi connectivity index (χ0v) is 17.8. The Hall–Kier alpha value is -3.04. The smallest absolute Gasteiger partial charge is 0.374 e. The molecule has 4 N–H and O–H groups in total. The van der Waals surface area contributed by atoms with E-state index in [9.17, 15) is 18.0 Å². The summed E-state index contributed by atoms with van der Waals surface area (Å²) in [7, 11) is 0. The van der Waals surface area contributed by atoms with Gasteiger partial charge in [-0.3, -0.25) is 9.89 Å². The fourth-order valence-electron chi connectivity index (χ4n) is 4.87. The molecule has 0 saturated heterocycles. The number of amidine groups is 1. The van der Waals surface area contributed by atoms with Gasteiger partial charge < -0.3 is 16.1 Å². The highest BCUT2D eigenvalue weighted by molar-refractivity contribution is 6.03. The van der Waals surface area contributed by atoms with E-state index in [-0.39, 0.29) is 29.3 Å². The Morgan fingerprint density at radius 2 is 2.09 bits per heavy atom. The van der Waals surface area contributed by atoms with Crippen LogP contribution in [0.15, 0.2) is 45.9 Å². The van der Waals surface area contributed by atoms with Gasteiger partial charge in [-0.1, -0.05) is 19.4 Å². The maximum Gasteiger partial charge on any atom is 0.435 e. The van der Waals surface area contributed by atoms with Crippen molar-refractivity contribution in [1.82, 2.24) is 26.3 Å². The number of nitrogens with one attached hydrogen (secondary N) is 4. The predicted molar refractivity (Wildman–Crippen MR) is 112 cm³/mol. The quantitative estimate of drug-likeness (QED) is 0.570. The van der Waals surface area contributed by atoms with E-state index in [2.05, 4.69) is 31.4 Å². The Kier molecular flexibility index (Phi) is 4.90. The van der Waals surface area contributed by atoms with E-state index in [0.717, 1.165) is 41.7 Å². The SMILES string of the molecule is CCCC1=C(C)C2=C(C=CC3NN=C(NC(=O)C4CC4)C23)NC1c1c[nH]nc1C(F)(F)F. The Balaban J connectivity index is 1.53. The molecule has 1 fully saturated rings. The van der Waals surface area contributed by atoms with Crippen molar-refractivity contribution in [3.63, 3.8) is 0 Å². The van der Waals surface area contributed by atoms with Crippen LogP contribution in [0.2, 0.25) is 0 Å². The number of hydrogen-bond acceptors (Lipinski definition) is 5. The summed E-state index contributed by atoms with van der Waals surface area (Å²) in [6, 6.07) is -0.750. The van der Waals surface area contributed by atoms with Gasteiger partial charge in [-0.05, 0) is 49.0 Å². The Labute approximate surface area is 183 Å². The van der Waals surface area contributed by atoms with Crippen LogP contribution in [0.4, 0.5) is 13.2 Å². The molecule has 2 aliphatic heterocycles. The number of hydrazone groups is 1. The zero-order valence-electron chi connectivity index (χ0n) is 17.8. The van der Waals surface area contributed by atoms with Gasteiger partial charge in [0.25, 0.3) is 0 Å². The molecule has 170 valence electrons. The van der Waals surface area contributed by atoms with Crippen LogP contribution in [0, 0.1) is 11.8 Å². The number of hydrogen-bond donors (Lipinski definition) is 4. The average molecular weight is 446 g/mol. The summed E-state index contributed by atoms with van der Waals surface area (Å²) in [4.78, 5) is 12.4. The van der Waals surface area contributed by atoms with Crippen molar-refractivity contribution in [3.8, 4) is 0 Å². The molecule has 32 heavy (non-hydrogen) atoms. The van der Waals surface area contributed by atoms with Crippen LogP contribution in [-0.2, 0) is 11.0 Å². The number of carbonyl (C=O) groups is 1. The molecule has 7 nitrogen and oxygen atoms in total. The lowest BCUT2D eigenvalue weighted by atomic mass is 9.75. The molecule has 1 aromatic heterocycles. The Morgan fingerprint density at radius 3 is 2.78 bits per heavy atom. The van der Waals surface area contributed by atoms with Gasteiger partial charge in [0.15, 0.2) is 5.69 Å². The monoisotopic (exact) mass is 446 g/mol. The number of rotatable bonds is 4. The van der Waals surface area contributed by atoms with Crippen LogP contribution < -0.4 is 16.1 Å². The van der Waals surface area contributed by atoms with Gasteiger partial charge in [-0.2, -0.15) is 23.4 Å². The van der Waals surface area contributed by atoms with Gasteiger partial charge in [0, 0.05) is 23.4 Å². The highest BCUT2D eigenvalue weighted by Crippen LogP contribution is 2.45. The van der Waals surface area contributed by atoms with Crippen LogP contribution in [0.3, 0.4) is 0 Å². The third-order valence-corrected chi connectivity index (χ3v) is 6.56. The average Bonchev–Trinajstić information content (AvgIpc) is 3.34. The van der Waals surface area contributed by atoms with Gasteiger partial charge >= 0.3 is 6.18 Å². The molecular weight excluding hydrogens is 421 g/mol. The lowest BCUT2D eigenvalue weighted by Gasteiger charge is -2.37. The second-order valence-electron chi connectivity index (χ2n) is 8.74. The number of aromatic nitrogens is 2. The van der Waals surface area contributed by atoms with E-state index < -0.39 is 17.9 Å². The number of halogens is 3. The molecule has 3 unspecified atom stereocenters. The molecule has 1 amide bonds. The third-order valence-electron chi connectivity index (χ3n) is 6.56. The van der Waals surface area contributed by atoms with Gasteiger partial charge in [0.1, 0.15) is 5.84 Å². The van der Waals surface area contributed by atoms with Crippen molar-refractivity contribution in [2.75, 3.05) is 0 Å². The molecule has 3 heterocycles. The maximum absolute atomic E-state index is 13.6. The minimum Gasteiger partial charge on any atom is -0.374 e. The lowest BCUT2D eigenvalue weighted by Crippen LogP contribution is -2.43. The topological polar surface area (TPSA) is 94.2 Å². The molecule has 0 aromatic carbocycles. The largest absolute Gasteiger partial charge is 0.435 e. The van der Waals surface area contributed by atoms with E-state index in [0.29, 0.717) is 12.3 Å². The first kappa shape index (κ1) is 20.8. The Bertz CT molecular complexity index is 1080. The summed E-state index contributed by atoms with van der Waals surface area (Å²) in [6.07, 6.45) is 3.80. The summed E-state index contributed by atoms with van der Waals surface area (Å²) in [5, 5.41) is 16.6. The maximum atomic E-state index is 13.6. The van der Waals surface area contributed by atoms with Crippen molar-refractivity contribution in [2.45, 2.75) is 57.8 Å². The highest BCUT2D eigenvalue weighted by Gasteiger charge is 2.45. The molecule has 5 rings (SSSR count). The summed E-state index contributed by atoms with van der Waals surface area (Å²) >= 11 is 0. The second kappa shape index (κ2) is 7.53. The summed E-state index contributed by atoms with van der Waals surface area (Å²) in [5.41, 5.74) is 5.82. The zero-order chi connectivity index (χ0) is 22.6. The van der Waals surface area contributed by atoms with Crippen molar-refractivity contribution >= 4 is 11.7 Å². The molecule has 0 spiro atoms. The number of fused-ring (bicyclic) bond motifs is 2. The van der Waals surface area contributed by atoms with Crippen molar-refractivity contribution < 1.29 is 18.0 Å². The van der Waals surface area contributed by atoms with Crippen LogP contribution in [-0.4, -0.2) is 28.0 Å². The van der Waals surface area contributed by atoms with Crippen molar-refractivity contribution in [3.05, 3.63) is 52.0 Å². The number of H-pyrrole nitrogens is 1. The second-order valence-corrected chi connectivity index (χ2v) is 8.74. The van der Waals surface area contributed by atoms with Crippen LogP contribution in [0.25, 0.3) is 0 Å².